The zero-order chi connectivity index (χ0) is 33.8. The fourth-order valence-corrected chi connectivity index (χ4v) is 8.54. The van der Waals surface area contributed by atoms with Crippen LogP contribution in [-0.2, 0) is 28.5 Å². The smallest absolute Gasteiger partial charge is 0.329 e. The van der Waals surface area contributed by atoms with Crippen LogP contribution in [0.2, 0.25) is 0 Å². The minimum absolute atomic E-state index is 0.000293. The van der Waals surface area contributed by atoms with E-state index in [1.165, 1.54) is 4.57 Å². The van der Waals surface area contributed by atoms with Crippen LogP contribution in [0.3, 0.4) is 0 Å². The van der Waals surface area contributed by atoms with Gasteiger partial charge in [0.15, 0.2) is 5.82 Å². The average molecular weight is 669 g/mol. The summed E-state index contributed by atoms with van der Waals surface area (Å²) in [5, 5.41) is 6.81. The lowest BCUT2D eigenvalue weighted by atomic mass is 9.53. The maximum Gasteiger partial charge on any atom is 0.329 e. The van der Waals surface area contributed by atoms with Crippen molar-refractivity contribution in [2.45, 2.75) is 75.7 Å². The lowest BCUT2D eigenvalue weighted by Gasteiger charge is -2.51. The standard InChI is InChI=1S/C35H44N10O4/c1-42-27-21-23(4-5-25(27)45(33(42)48)26-6-7-28(46)39-29(26)47)3-2-16-43-17-19-44(20-18-43)32-37-15-8-24(38-32)30-40-31(41-49-30)35-12-9-34(22-36,10-13-35)11-14-35/h4-5,8,15,21,26H,2-3,6-7,9-14,16-20,22,36H2,1H3,(H,39,46,47). The average Bonchev–Trinajstić information content (AvgIpc) is 3.74. The highest BCUT2D eigenvalue weighted by molar-refractivity contribution is 6.00. The number of nitrogens with one attached hydrogen (secondary N) is 1. The number of benzene rings is 1. The number of aromatic nitrogens is 6. The van der Waals surface area contributed by atoms with Gasteiger partial charge in [-0.25, -0.2) is 14.8 Å². The molecule has 2 saturated heterocycles. The molecular formula is C35H44N10O4. The van der Waals surface area contributed by atoms with Crippen LogP contribution < -0.4 is 21.6 Å². The van der Waals surface area contributed by atoms with Crippen LogP contribution in [0.1, 0.15) is 75.2 Å². The van der Waals surface area contributed by atoms with Crippen LogP contribution in [0.5, 0.6) is 0 Å². The number of imidazole rings is 1. The van der Waals surface area contributed by atoms with Gasteiger partial charge in [0.2, 0.25) is 17.8 Å². The predicted molar refractivity (Wildman–Crippen MR) is 182 cm³/mol. The van der Waals surface area contributed by atoms with Gasteiger partial charge < -0.3 is 15.2 Å². The number of piperidine rings is 1. The molecule has 3 aromatic heterocycles. The first-order valence-corrected chi connectivity index (χ1v) is 17.7. The molecule has 9 rings (SSSR count). The molecule has 5 fully saturated rings. The van der Waals surface area contributed by atoms with E-state index < -0.39 is 11.9 Å². The van der Waals surface area contributed by atoms with E-state index >= 15 is 0 Å². The third kappa shape index (κ3) is 5.74. The lowest BCUT2D eigenvalue weighted by molar-refractivity contribution is -0.135. The second kappa shape index (κ2) is 12.5. The number of piperazine rings is 1. The molecule has 1 aromatic carbocycles. The summed E-state index contributed by atoms with van der Waals surface area (Å²) in [6, 6.07) is 7.17. The molecular weight excluding hydrogens is 624 g/mol. The van der Waals surface area contributed by atoms with Gasteiger partial charge in [0.05, 0.1) is 11.0 Å². The molecule has 49 heavy (non-hydrogen) atoms. The Bertz CT molecular complexity index is 1930. The third-order valence-corrected chi connectivity index (χ3v) is 11.9. The highest BCUT2D eigenvalue weighted by Gasteiger charge is 2.51. The van der Waals surface area contributed by atoms with E-state index in [1.807, 2.05) is 24.3 Å². The van der Waals surface area contributed by atoms with Crippen LogP contribution in [-0.4, -0.2) is 85.2 Å². The lowest BCUT2D eigenvalue weighted by Crippen LogP contribution is -2.47. The number of hydrogen-bond donors (Lipinski definition) is 2. The first-order chi connectivity index (χ1) is 23.8. The number of fused-ring (bicyclic) bond motifs is 4. The first-order valence-electron chi connectivity index (χ1n) is 17.7. The molecule has 2 bridgehead atoms. The maximum atomic E-state index is 13.1. The molecule has 3 saturated carbocycles. The number of nitrogens with two attached hydrogens (primary N) is 1. The van der Waals surface area contributed by atoms with Crippen molar-refractivity contribution in [1.82, 2.24) is 39.5 Å². The Kier molecular flexibility index (Phi) is 8.10. The number of carbonyl (C=O) groups excluding carboxylic acids is 2. The maximum absolute atomic E-state index is 13.1. The van der Waals surface area contributed by atoms with E-state index in [0.717, 1.165) is 108 Å². The summed E-state index contributed by atoms with van der Waals surface area (Å²) in [7, 11) is 1.73. The van der Waals surface area contributed by atoms with Crippen molar-refractivity contribution >= 4 is 28.8 Å². The highest BCUT2D eigenvalue weighted by atomic mass is 16.5. The minimum atomic E-state index is -0.677. The molecule has 2 aliphatic heterocycles. The normalized spacial score (nSPS) is 26.1. The van der Waals surface area contributed by atoms with E-state index in [4.69, 9.17) is 20.2 Å². The van der Waals surface area contributed by atoms with Crippen LogP contribution >= 0.6 is 0 Å². The molecule has 14 nitrogen and oxygen atoms in total. The van der Waals surface area contributed by atoms with Gasteiger partial charge in [0.1, 0.15) is 11.7 Å². The Balaban J connectivity index is 0.856. The molecule has 5 aliphatic rings. The second-order valence-corrected chi connectivity index (χ2v) is 14.6. The molecule has 5 heterocycles. The molecule has 3 N–H and O–H groups in total. The first kappa shape index (κ1) is 31.8. The number of anilines is 1. The van der Waals surface area contributed by atoms with Crippen molar-refractivity contribution in [1.29, 1.82) is 0 Å². The molecule has 0 radical (unpaired) electrons. The van der Waals surface area contributed by atoms with Gasteiger partial charge in [0.25, 0.3) is 5.89 Å². The summed E-state index contributed by atoms with van der Waals surface area (Å²) in [6.45, 7) is 5.20. The molecule has 0 spiro atoms. The molecule has 1 unspecified atom stereocenters. The Hall–Kier alpha value is -4.43. The van der Waals surface area contributed by atoms with Crippen molar-refractivity contribution in [3.05, 3.63) is 52.3 Å². The Morgan fingerprint density at radius 3 is 2.49 bits per heavy atom. The SMILES string of the molecule is Cn1c(=O)n(C2CCC(=O)NC2=O)c2ccc(CCCN3CCN(c4nccc(-c5nc(C67CCC(CN)(CC6)CC7)no5)n4)CC3)cc21. The third-order valence-electron chi connectivity index (χ3n) is 11.9. The zero-order valence-electron chi connectivity index (χ0n) is 28.1. The summed E-state index contributed by atoms with van der Waals surface area (Å²) in [5.41, 5.74) is 9.49. The van der Waals surface area contributed by atoms with E-state index in [9.17, 15) is 14.4 Å². The zero-order valence-corrected chi connectivity index (χ0v) is 28.1. The largest absolute Gasteiger partial charge is 0.338 e. The van der Waals surface area contributed by atoms with E-state index in [0.29, 0.717) is 34.9 Å². The monoisotopic (exact) mass is 668 g/mol. The molecule has 4 aromatic rings. The summed E-state index contributed by atoms with van der Waals surface area (Å²) in [5.74, 6) is 1.24. The Morgan fingerprint density at radius 1 is 0.980 bits per heavy atom. The molecule has 14 heteroatoms. The predicted octanol–water partition coefficient (Wildman–Crippen LogP) is 2.46. The summed E-state index contributed by atoms with van der Waals surface area (Å²) in [6.07, 6.45) is 10.8. The quantitative estimate of drug-likeness (QED) is 0.251. The van der Waals surface area contributed by atoms with E-state index in [2.05, 4.69) is 25.3 Å². The van der Waals surface area contributed by atoms with Gasteiger partial charge in [-0.15, -0.1) is 0 Å². The fraction of sp³-hybridized carbons (Fsp3) is 0.571. The van der Waals surface area contributed by atoms with Gasteiger partial charge in [0, 0.05) is 51.3 Å². The van der Waals surface area contributed by atoms with Crippen molar-refractivity contribution in [3.8, 4) is 11.6 Å². The molecule has 2 amide bonds. The number of aryl methyl sites for hydroxylation is 2. The van der Waals surface area contributed by atoms with E-state index in [1.54, 1.807) is 17.8 Å². The second-order valence-electron chi connectivity index (χ2n) is 14.6. The van der Waals surface area contributed by atoms with Gasteiger partial charge in [-0.3, -0.25) is 28.9 Å². The summed E-state index contributed by atoms with van der Waals surface area (Å²) < 4.78 is 8.88. The molecule has 3 aliphatic carbocycles. The number of amides is 2. The van der Waals surface area contributed by atoms with E-state index in [-0.39, 0.29) is 23.4 Å². The molecule has 258 valence electrons. The number of rotatable bonds is 9. The number of hydrogen-bond acceptors (Lipinski definition) is 11. The Labute approximate surface area is 284 Å². The number of nitrogens with zero attached hydrogens (tertiary/aromatic N) is 8. The minimum Gasteiger partial charge on any atom is -0.338 e. The van der Waals surface area contributed by atoms with Crippen LogP contribution in [0.25, 0.3) is 22.6 Å². The van der Waals surface area contributed by atoms with Crippen LogP contribution in [0, 0.1) is 5.41 Å². The van der Waals surface area contributed by atoms with Crippen molar-refractivity contribution in [2.75, 3.05) is 44.2 Å². The van der Waals surface area contributed by atoms with Crippen molar-refractivity contribution < 1.29 is 14.1 Å². The fourth-order valence-electron chi connectivity index (χ4n) is 8.54. The molecule has 1 atom stereocenters. The summed E-state index contributed by atoms with van der Waals surface area (Å²) >= 11 is 0. The van der Waals surface area contributed by atoms with Crippen LogP contribution in [0.15, 0.2) is 39.8 Å². The van der Waals surface area contributed by atoms with Gasteiger partial charge in [-0.1, -0.05) is 11.2 Å². The Morgan fingerprint density at radius 2 is 1.76 bits per heavy atom. The summed E-state index contributed by atoms with van der Waals surface area (Å²) in [4.78, 5) is 56.2. The topological polar surface area (TPSA) is 170 Å². The highest BCUT2D eigenvalue weighted by Crippen LogP contribution is 2.56. The van der Waals surface area contributed by atoms with Crippen molar-refractivity contribution in [2.24, 2.45) is 18.2 Å². The van der Waals surface area contributed by atoms with Crippen molar-refractivity contribution in [3.63, 3.8) is 0 Å². The van der Waals surface area contributed by atoms with Gasteiger partial charge in [-0.05, 0) is 100 Å². The van der Waals surface area contributed by atoms with Gasteiger partial charge >= 0.3 is 5.69 Å². The van der Waals surface area contributed by atoms with Crippen LogP contribution in [0.4, 0.5) is 5.95 Å². The van der Waals surface area contributed by atoms with Gasteiger partial charge in [-0.2, -0.15) is 4.98 Å². The number of carbonyl (C=O) groups is 2. The number of imide groups is 1.